The Balaban J connectivity index is 1.63. The fraction of sp³-hybridized carbons (Fsp3) is 1.00. The van der Waals surface area contributed by atoms with Crippen LogP contribution in [-0.2, 0) is 0 Å². The molecule has 0 heterocycles. The van der Waals surface area contributed by atoms with Gasteiger partial charge in [0.25, 0.3) is 0 Å². The lowest BCUT2D eigenvalue weighted by molar-refractivity contribution is 0.493. The van der Waals surface area contributed by atoms with Crippen LogP contribution in [0.2, 0.25) is 0 Å². The Bertz CT molecular complexity index is 185. The largest absolute Gasteiger partial charge is 0.313 e. The first-order valence-corrected chi connectivity index (χ1v) is 8.28. The second-order valence-electron chi connectivity index (χ2n) is 5.57. The van der Waals surface area contributed by atoms with Crippen LogP contribution in [0.1, 0.15) is 58.3 Å². The number of rotatable bonds is 8. The van der Waals surface area contributed by atoms with Gasteiger partial charge in [-0.3, -0.25) is 0 Å². The molecular weight excluding hydrogens is 214 g/mol. The van der Waals surface area contributed by atoms with Crippen LogP contribution in [0.25, 0.3) is 0 Å². The van der Waals surface area contributed by atoms with Crippen molar-refractivity contribution in [2.75, 3.05) is 12.3 Å². The first-order chi connectivity index (χ1) is 7.88. The van der Waals surface area contributed by atoms with E-state index in [4.69, 9.17) is 0 Å². The zero-order valence-electron chi connectivity index (χ0n) is 10.7. The predicted molar refractivity (Wildman–Crippen MR) is 74.1 cm³/mol. The molecule has 2 aliphatic carbocycles. The van der Waals surface area contributed by atoms with Crippen molar-refractivity contribution in [1.29, 1.82) is 0 Å². The summed E-state index contributed by atoms with van der Waals surface area (Å²) in [6.07, 6.45) is 11.6. The molecule has 2 saturated carbocycles. The third-order valence-corrected chi connectivity index (χ3v) is 5.37. The molecule has 2 fully saturated rings. The van der Waals surface area contributed by atoms with Crippen molar-refractivity contribution in [2.45, 2.75) is 69.6 Å². The maximum atomic E-state index is 3.74. The van der Waals surface area contributed by atoms with Gasteiger partial charge in [-0.15, -0.1) is 0 Å². The molecule has 2 rings (SSSR count). The van der Waals surface area contributed by atoms with E-state index in [0.717, 1.165) is 17.2 Å². The van der Waals surface area contributed by atoms with E-state index >= 15 is 0 Å². The van der Waals surface area contributed by atoms with Gasteiger partial charge in [0, 0.05) is 17.0 Å². The summed E-state index contributed by atoms with van der Waals surface area (Å²) in [5.74, 6) is 2.43. The number of hydrogen-bond donors (Lipinski definition) is 1. The minimum atomic E-state index is 0.804. The Morgan fingerprint density at radius 2 is 1.94 bits per heavy atom. The van der Waals surface area contributed by atoms with E-state index in [0.29, 0.717) is 0 Å². The van der Waals surface area contributed by atoms with Crippen molar-refractivity contribution in [2.24, 2.45) is 5.92 Å². The molecular formula is C14H27NS. The lowest BCUT2D eigenvalue weighted by atomic mass is 10.1. The van der Waals surface area contributed by atoms with Gasteiger partial charge in [0.2, 0.25) is 0 Å². The summed E-state index contributed by atoms with van der Waals surface area (Å²) in [5, 5.41) is 4.73. The topological polar surface area (TPSA) is 12.0 Å². The van der Waals surface area contributed by atoms with Crippen molar-refractivity contribution in [1.82, 2.24) is 5.32 Å². The number of thioether (sulfide) groups is 1. The standard InChI is InChI=1S/C14H27NS/c1-2-9-15-13(10-12-7-8-12)11-16-14-5-3-4-6-14/h12-15H,2-11H2,1H3. The van der Waals surface area contributed by atoms with Crippen molar-refractivity contribution in [3.63, 3.8) is 0 Å². The van der Waals surface area contributed by atoms with Crippen LogP contribution in [0.3, 0.4) is 0 Å². The lowest BCUT2D eigenvalue weighted by Crippen LogP contribution is -2.33. The van der Waals surface area contributed by atoms with Gasteiger partial charge < -0.3 is 5.32 Å². The maximum Gasteiger partial charge on any atom is 0.0160 e. The van der Waals surface area contributed by atoms with E-state index in [9.17, 15) is 0 Å². The summed E-state index contributed by atoms with van der Waals surface area (Å²) in [4.78, 5) is 0. The predicted octanol–water partition coefficient (Wildman–Crippen LogP) is 3.83. The Kier molecular flexibility index (Phi) is 5.51. The van der Waals surface area contributed by atoms with E-state index in [2.05, 4.69) is 24.0 Å². The normalized spacial score (nSPS) is 23.8. The molecule has 0 saturated heterocycles. The molecule has 1 nitrogen and oxygen atoms in total. The van der Waals surface area contributed by atoms with Crippen molar-refractivity contribution in [3.8, 4) is 0 Å². The van der Waals surface area contributed by atoms with Gasteiger partial charge in [-0.05, 0) is 38.1 Å². The van der Waals surface area contributed by atoms with Crippen LogP contribution in [0.5, 0.6) is 0 Å². The SMILES string of the molecule is CCCNC(CSC1CCCC1)CC1CC1. The van der Waals surface area contributed by atoms with E-state index in [1.165, 1.54) is 63.7 Å². The Morgan fingerprint density at radius 1 is 1.19 bits per heavy atom. The van der Waals surface area contributed by atoms with Gasteiger partial charge >= 0.3 is 0 Å². The van der Waals surface area contributed by atoms with Crippen LogP contribution in [0.4, 0.5) is 0 Å². The fourth-order valence-corrected chi connectivity index (χ4v) is 4.05. The fourth-order valence-electron chi connectivity index (χ4n) is 2.62. The van der Waals surface area contributed by atoms with E-state index in [-0.39, 0.29) is 0 Å². The van der Waals surface area contributed by atoms with Crippen LogP contribution in [-0.4, -0.2) is 23.6 Å². The molecule has 1 atom stereocenters. The summed E-state index contributed by atoms with van der Waals surface area (Å²) in [6, 6.07) is 0.804. The molecule has 1 unspecified atom stereocenters. The molecule has 94 valence electrons. The Morgan fingerprint density at radius 3 is 2.56 bits per heavy atom. The van der Waals surface area contributed by atoms with Crippen LogP contribution < -0.4 is 5.32 Å². The van der Waals surface area contributed by atoms with Crippen LogP contribution in [0, 0.1) is 5.92 Å². The van der Waals surface area contributed by atoms with Crippen molar-refractivity contribution >= 4 is 11.8 Å². The minimum Gasteiger partial charge on any atom is -0.313 e. The molecule has 2 aliphatic rings. The zero-order valence-corrected chi connectivity index (χ0v) is 11.5. The van der Waals surface area contributed by atoms with E-state index < -0.39 is 0 Å². The quantitative estimate of drug-likeness (QED) is 0.693. The summed E-state index contributed by atoms with van der Waals surface area (Å²) < 4.78 is 0. The number of nitrogens with one attached hydrogen (secondary N) is 1. The molecule has 1 N–H and O–H groups in total. The molecule has 0 spiro atoms. The van der Waals surface area contributed by atoms with E-state index in [1.54, 1.807) is 0 Å². The lowest BCUT2D eigenvalue weighted by Gasteiger charge is -2.20. The summed E-state index contributed by atoms with van der Waals surface area (Å²) in [6.45, 7) is 3.48. The average molecular weight is 241 g/mol. The first kappa shape index (κ1) is 12.8. The summed E-state index contributed by atoms with van der Waals surface area (Å²) in [7, 11) is 0. The monoisotopic (exact) mass is 241 g/mol. The van der Waals surface area contributed by atoms with Gasteiger partial charge in [0.05, 0.1) is 0 Å². The number of hydrogen-bond acceptors (Lipinski definition) is 2. The van der Waals surface area contributed by atoms with Crippen molar-refractivity contribution in [3.05, 3.63) is 0 Å². The summed E-state index contributed by atoms with van der Waals surface area (Å²) >= 11 is 2.25. The van der Waals surface area contributed by atoms with Crippen LogP contribution in [0.15, 0.2) is 0 Å². The minimum absolute atomic E-state index is 0.804. The third kappa shape index (κ3) is 4.67. The van der Waals surface area contributed by atoms with Crippen molar-refractivity contribution < 1.29 is 0 Å². The maximum absolute atomic E-state index is 3.74. The highest BCUT2D eigenvalue weighted by molar-refractivity contribution is 7.99. The zero-order chi connectivity index (χ0) is 11.2. The second-order valence-corrected chi connectivity index (χ2v) is 6.90. The molecule has 0 bridgehead atoms. The van der Waals surface area contributed by atoms with Crippen LogP contribution >= 0.6 is 11.8 Å². The molecule has 0 aliphatic heterocycles. The molecule has 0 aromatic heterocycles. The second kappa shape index (κ2) is 6.90. The van der Waals surface area contributed by atoms with Gasteiger partial charge in [-0.25, -0.2) is 0 Å². The Labute approximate surface area is 105 Å². The third-order valence-electron chi connectivity index (χ3n) is 3.83. The van der Waals surface area contributed by atoms with E-state index in [1.807, 2.05) is 0 Å². The highest BCUT2D eigenvalue weighted by atomic mass is 32.2. The molecule has 0 radical (unpaired) electrons. The molecule has 2 heteroatoms. The van der Waals surface area contributed by atoms with Gasteiger partial charge in [0.15, 0.2) is 0 Å². The first-order valence-electron chi connectivity index (χ1n) is 7.23. The average Bonchev–Trinajstić information content (AvgIpc) is 2.95. The highest BCUT2D eigenvalue weighted by Gasteiger charge is 2.26. The highest BCUT2D eigenvalue weighted by Crippen LogP contribution is 2.35. The summed E-state index contributed by atoms with van der Waals surface area (Å²) in [5.41, 5.74) is 0. The Hall–Kier alpha value is 0.310. The van der Waals surface area contributed by atoms with Gasteiger partial charge in [-0.1, -0.05) is 32.6 Å². The molecule has 0 aromatic rings. The van der Waals surface area contributed by atoms with Gasteiger partial charge in [-0.2, -0.15) is 11.8 Å². The molecule has 0 amide bonds. The molecule has 16 heavy (non-hydrogen) atoms. The molecule has 0 aromatic carbocycles. The van der Waals surface area contributed by atoms with Gasteiger partial charge in [0.1, 0.15) is 0 Å². The smallest absolute Gasteiger partial charge is 0.0160 e.